The lowest BCUT2D eigenvalue weighted by molar-refractivity contribution is -0.125. The predicted octanol–water partition coefficient (Wildman–Crippen LogP) is 3.50. The van der Waals surface area contributed by atoms with E-state index >= 15 is 0 Å². The molecule has 0 saturated carbocycles. The van der Waals surface area contributed by atoms with Crippen LogP contribution in [0.15, 0.2) is 30.3 Å². The molecule has 2 rings (SSSR count). The number of hydrogen-bond donors (Lipinski definition) is 1. The number of hydrogen-bond acceptors (Lipinski definition) is 2. The molecule has 0 spiro atoms. The van der Waals surface area contributed by atoms with Gasteiger partial charge in [0, 0.05) is 6.42 Å². The van der Waals surface area contributed by atoms with Gasteiger partial charge in [0.2, 0.25) is 0 Å². The van der Waals surface area contributed by atoms with Crippen LogP contribution in [0, 0.1) is 0 Å². The van der Waals surface area contributed by atoms with Crippen LogP contribution in [0.3, 0.4) is 0 Å². The molecule has 2 heteroatoms. The second kappa shape index (κ2) is 6.85. The first-order valence-electron chi connectivity index (χ1n) is 7.59. The molecule has 0 amide bonds. The van der Waals surface area contributed by atoms with Gasteiger partial charge >= 0.3 is 0 Å². The zero-order chi connectivity index (χ0) is 13.6. The van der Waals surface area contributed by atoms with Crippen molar-refractivity contribution in [3.63, 3.8) is 0 Å². The van der Waals surface area contributed by atoms with Gasteiger partial charge in [0.25, 0.3) is 0 Å². The summed E-state index contributed by atoms with van der Waals surface area (Å²) in [4.78, 5) is 12.5. The molecule has 104 valence electrons. The summed E-state index contributed by atoms with van der Waals surface area (Å²) in [7, 11) is 0. The van der Waals surface area contributed by atoms with Crippen LogP contribution in [0.4, 0.5) is 0 Å². The minimum Gasteiger partial charge on any atom is -0.305 e. The lowest BCUT2D eigenvalue weighted by Gasteiger charge is -2.27. The van der Waals surface area contributed by atoms with Gasteiger partial charge in [-0.05, 0) is 44.2 Å². The van der Waals surface area contributed by atoms with E-state index in [1.165, 1.54) is 5.56 Å². The van der Waals surface area contributed by atoms with Crippen LogP contribution >= 0.6 is 0 Å². The molecule has 1 aromatic carbocycles. The second-order valence-corrected chi connectivity index (χ2v) is 5.62. The van der Waals surface area contributed by atoms with Crippen LogP contribution in [0.25, 0.3) is 0 Å². The molecule has 0 radical (unpaired) electrons. The summed E-state index contributed by atoms with van der Waals surface area (Å²) in [6, 6.07) is 10.4. The summed E-state index contributed by atoms with van der Waals surface area (Å²) in [6.45, 7) is 3.17. The molecule has 1 atom stereocenters. The third-order valence-electron chi connectivity index (χ3n) is 4.17. The molecular weight excluding hydrogens is 234 g/mol. The van der Waals surface area contributed by atoms with Crippen LogP contribution in [-0.2, 0) is 11.2 Å². The molecule has 1 heterocycles. The normalized spacial score (nSPS) is 22.6. The fourth-order valence-corrected chi connectivity index (χ4v) is 3.16. The van der Waals surface area contributed by atoms with Gasteiger partial charge in [0.05, 0.1) is 5.54 Å². The summed E-state index contributed by atoms with van der Waals surface area (Å²) in [5, 5.41) is 3.47. The van der Waals surface area contributed by atoms with Crippen molar-refractivity contribution in [2.24, 2.45) is 0 Å². The summed E-state index contributed by atoms with van der Waals surface area (Å²) >= 11 is 0. The maximum atomic E-state index is 12.5. The number of ketones is 1. The Morgan fingerprint density at radius 2 is 2.11 bits per heavy atom. The Hall–Kier alpha value is -1.15. The number of carbonyl (C=O) groups is 1. The smallest absolute Gasteiger partial charge is 0.152 e. The zero-order valence-electron chi connectivity index (χ0n) is 12.0. The third kappa shape index (κ3) is 3.66. The van der Waals surface area contributed by atoms with Crippen LogP contribution < -0.4 is 5.32 Å². The first kappa shape index (κ1) is 14.3. The minimum absolute atomic E-state index is 0.189. The van der Waals surface area contributed by atoms with Crippen molar-refractivity contribution in [1.82, 2.24) is 5.32 Å². The number of carbonyl (C=O) groups excluding carboxylic acids is 1. The van der Waals surface area contributed by atoms with E-state index in [9.17, 15) is 4.79 Å². The van der Waals surface area contributed by atoms with Crippen molar-refractivity contribution in [2.75, 3.05) is 6.54 Å². The van der Waals surface area contributed by atoms with E-state index in [0.29, 0.717) is 12.2 Å². The first-order valence-corrected chi connectivity index (χ1v) is 7.59. The fraction of sp³-hybridized carbons (Fsp3) is 0.588. The number of aryl methyl sites for hydroxylation is 1. The van der Waals surface area contributed by atoms with Crippen molar-refractivity contribution in [3.05, 3.63) is 35.9 Å². The Morgan fingerprint density at radius 1 is 1.32 bits per heavy atom. The number of benzene rings is 1. The monoisotopic (exact) mass is 259 g/mol. The molecule has 1 aliphatic rings. The lowest BCUT2D eigenvalue weighted by atomic mass is 9.85. The van der Waals surface area contributed by atoms with E-state index in [-0.39, 0.29) is 5.54 Å². The molecule has 19 heavy (non-hydrogen) atoms. The predicted molar refractivity (Wildman–Crippen MR) is 79.3 cm³/mol. The van der Waals surface area contributed by atoms with Gasteiger partial charge in [0.15, 0.2) is 5.78 Å². The van der Waals surface area contributed by atoms with Gasteiger partial charge in [-0.15, -0.1) is 0 Å². The molecule has 1 fully saturated rings. The Labute approximate surface area is 116 Å². The largest absolute Gasteiger partial charge is 0.305 e. The molecule has 1 aromatic rings. The number of Topliss-reactive ketones (excluding diaryl/α,β-unsaturated/α-hetero) is 1. The third-order valence-corrected chi connectivity index (χ3v) is 4.17. The molecule has 1 N–H and O–H groups in total. The topological polar surface area (TPSA) is 29.1 Å². The average Bonchev–Trinajstić information content (AvgIpc) is 2.90. The summed E-state index contributed by atoms with van der Waals surface area (Å²) in [5.74, 6) is 0.433. The van der Waals surface area contributed by atoms with Crippen LogP contribution in [0.5, 0.6) is 0 Å². The Balaban J connectivity index is 1.83. The SMILES string of the molecule is CCCC1(C(=O)CCCc2ccccc2)CCCN1. The van der Waals surface area contributed by atoms with Crippen LogP contribution in [0.2, 0.25) is 0 Å². The van der Waals surface area contributed by atoms with E-state index in [0.717, 1.165) is 45.1 Å². The van der Waals surface area contributed by atoms with E-state index in [1.807, 2.05) is 6.07 Å². The average molecular weight is 259 g/mol. The lowest BCUT2D eigenvalue weighted by Crippen LogP contribution is -2.47. The van der Waals surface area contributed by atoms with E-state index < -0.39 is 0 Å². The molecule has 0 bridgehead atoms. The Bertz CT molecular complexity index is 393. The summed E-state index contributed by atoms with van der Waals surface area (Å²) in [5.41, 5.74) is 1.14. The highest BCUT2D eigenvalue weighted by molar-refractivity contribution is 5.88. The number of rotatable bonds is 7. The molecule has 0 aliphatic carbocycles. The first-order chi connectivity index (χ1) is 9.27. The second-order valence-electron chi connectivity index (χ2n) is 5.62. The van der Waals surface area contributed by atoms with Crippen molar-refractivity contribution < 1.29 is 4.79 Å². The highest BCUT2D eigenvalue weighted by Gasteiger charge is 2.38. The standard InChI is InChI=1S/C17H25NO/c1-2-12-17(13-7-14-18-17)16(19)11-6-10-15-8-4-3-5-9-15/h3-5,8-9,18H,2,6-7,10-14H2,1H3. The van der Waals surface area contributed by atoms with Gasteiger partial charge in [-0.1, -0.05) is 43.7 Å². The minimum atomic E-state index is -0.189. The maximum Gasteiger partial charge on any atom is 0.152 e. The summed E-state index contributed by atoms with van der Waals surface area (Å²) in [6.07, 6.45) is 6.94. The van der Waals surface area contributed by atoms with Gasteiger partial charge in [-0.2, -0.15) is 0 Å². The molecule has 1 unspecified atom stereocenters. The van der Waals surface area contributed by atoms with Gasteiger partial charge in [-0.25, -0.2) is 0 Å². The maximum absolute atomic E-state index is 12.5. The Kier molecular flexibility index (Phi) is 5.15. The number of nitrogens with one attached hydrogen (secondary N) is 1. The van der Waals surface area contributed by atoms with Gasteiger partial charge < -0.3 is 5.32 Å². The van der Waals surface area contributed by atoms with Crippen molar-refractivity contribution in [1.29, 1.82) is 0 Å². The van der Waals surface area contributed by atoms with Crippen LogP contribution in [0.1, 0.15) is 51.0 Å². The van der Waals surface area contributed by atoms with E-state index in [1.54, 1.807) is 0 Å². The highest BCUT2D eigenvalue weighted by atomic mass is 16.1. The van der Waals surface area contributed by atoms with E-state index in [2.05, 4.69) is 36.5 Å². The molecule has 2 nitrogen and oxygen atoms in total. The van der Waals surface area contributed by atoms with E-state index in [4.69, 9.17) is 0 Å². The fourth-order valence-electron chi connectivity index (χ4n) is 3.16. The molecule has 0 aromatic heterocycles. The van der Waals surface area contributed by atoms with Crippen molar-refractivity contribution in [2.45, 2.75) is 57.4 Å². The zero-order valence-corrected chi connectivity index (χ0v) is 12.0. The molecule has 1 saturated heterocycles. The van der Waals surface area contributed by atoms with Gasteiger partial charge in [-0.3, -0.25) is 4.79 Å². The van der Waals surface area contributed by atoms with Gasteiger partial charge in [0.1, 0.15) is 0 Å². The van der Waals surface area contributed by atoms with Crippen molar-refractivity contribution in [3.8, 4) is 0 Å². The molecule has 1 aliphatic heterocycles. The highest BCUT2D eigenvalue weighted by Crippen LogP contribution is 2.27. The van der Waals surface area contributed by atoms with Crippen LogP contribution in [-0.4, -0.2) is 17.9 Å². The quantitative estimate of drug-likeness (QED) is 0.812. The summed E-state index contributed by atoms with van der Waals surface area (Å²) < 4.78 is 0. The van der Waals surface area contributed by atoms with Crippen molar-refractivity contribution >= 4 is 5.78 Å². The molecular formula is C17H25NO. The Morgan fingerprint density at radius 3 is 2.74 bits per heavy atom.